The Morgan fingerprint density at radius 3 is 1.35 bits per heavy atom. The number of hydrogen-bond donors (Lipinski definition) is 7. The third kappa shape index (κ3) is 12.9. The van der Waals surface area contributed by atoms with Gasteiger partial charge in [-0.3, -0.25) is 34.1 Å². The molecule has 0 saturated heterocycles. The third-order valence-corrected chi connectivity index (χ3v) is 8.92. The number of aromatic nitrogens is 8. The second-order valence-electron chi connectivity index (χ2n) is 15.5. The molecular weight excluding hydrogens is 851 g/mol. The van der Waals surface area contributed by atoms with E-state index < -0.39 is 53.1 Å². The topological polar surface area (TPSA) is 303 Å². The van der Waals surface area contributed by atoms with Gasteiger partial charge in [-0.25, -0.2) is 24.5 Å². The van der Waals surface area contributed by atoms with E-state index in [1.165, 1.54) is 66.0 Å². The molecule has 25 heteroatoms. The number of nitrogens with zero attached hydrogens (tertiary/aromatic N) is 8. The van der Waals surface area contributed by atoms with Crippen LogP contribution in [0.15, 0.2) is 43.1 Å². The largest absolute Gasteiger partial charge is 0.460 e. The maximum atomic E-state index is 13.2. The Labute approximate surface area is 371 Å². The van der Waals surface area contributed by atoms with Crippen LogP contribution in [0.4, 0.5) is 33.6 Å². The summed E-state index contributed by atoms with van der Waals surface area (Å²) in [6.45, 7) is 6.90. The number of imidazole rings is 3. The summed E-state index contributed by atoms with van der Waals surface area (Å²) >= 11 is 0. The number of aryl methyl sites for hydroxylation is 5. The van der Waals surface area contributed by atoms with Crippen molar-refractivity contribution in [3.63, 3.8) is 0 Å². The monoisotopic (exact) mass is 901 g/mol. The van der Waals surface area contributed by atoms with Crippen LogP contribution >= 0.6 is 0 Å². The lowest BCUT2D eigenvalue weighted by molar-refractivity contribution is -0.116. The second kappa shape index (κ2) is 20.3. The van der Waals surface area contributed by atoms with E-state index in [0.29, 0.717) is 5.69 Å². The number of nitrogens with one attached hydrogen (secondary N) is 7. The Bertz CT molecular complexity index is 2640. The first kappa shape index (κ1) is 47.8. The van der Waals surface area contributed by atoms with Crippen molar-refractivity contribution < 1.29 is 47.8 Å². The summed E-state index contributed by atoms with van der Waals surface area (Å²) in [4.78, 5) is 114. The lowest BCUT2D eigenvalue weighted by atomic mass is 10.2. The van der Waals surface area contributed by atoms with Crippen LogP contribution in [0, 0.1) is 0 Å². The van der Waals surface area contributed by atoms with Crippen LogP contribution in [0.1, 0.15) is 93.4 Å². The van der Waals surface area contributed by atoms with Gasteiger partial charge >= 0.3 is 12.1 Å². The highest BCUT2D eigenvalue weighted by molar-refractivity contribution is 6.05. The molecule has 0 aliphatic carbocycles. The molecule has 5 rings (SSSR count). The normalized spacial score (nSPS) is 11.0. The molecule has 0 radical (unpaired) electrons. The maximum absolute atomic E-state index is 13.2. The number of rotatable bonds is 17. The average Bonchev–Trinajstić information content (AvgIpc) is 4.02. The molecule has 0 fully saturated rings. The van der Waals surface area contributed by atoms with Crippen LogP contribution in [-0.2, 0) is 54.3 Å². The molecule has 5 aromatic rings. The molecule has 5 heterocycles. The molecule has 0 aromatic carbocycles. The molecule has 7 amide bonds. The molecule has 0 unspecified atom stereocenters. The quantitative estimate of drug-likeness (QED) is 0.0659. The van der Waals surface area contributed by atoms with Gasteiger partial charge in [-0.1, -0.05) is 0 Å². The van der Waals surface area contributed by atoms with Crippen LogP contribution in [0.5, 0.6) is 0 Å². The lowest BCUT2D eigenvalue weighted by Gasteiger charge is -2.18. The number of esters is 1. The summed E-state index contributed by atoms with van der Waals surface area (Å²) in [7, 11) is 7.92. The zero-order chi connectivity index (χ0) is 47.7. The molecule has 65 heavy (non-hydrogen) atoms. The van der Waals surface area contributed by atoms with Crippen LogP contribution in [0.25, 0.3) is 0 Å². The van der Waals surface area contributed by atoms with Gasteiger partial charge in [0.05, 0.1) is 18.0 Å². The van der Waals surface area contributed by atoms with Gasteiger partial charge in [-0.2, -0.15) is 0 Å². The molecule has 346 valence electrons. The first-order valence-electron chi connectivity index (χ1n) is 20.0. The number of carbonyl (C=O) groups is 8. The van der Waals surface area contributed by atoms with Crippen molar-refractivity contribution in [3.8, 4) is 0 Å². The molecule has 7 N–H and O–H groups in total. The highest BCUT2D eigenvalue weighted by atomic mass is 16.6. The predicted molar refractivity (Wildman–Crippen MR) is 233 cm³/mol. The smallest absolute Gasteiger partial charge is 0.413 e. The van der Waals surface area contributed by atoms with Crippen molar-refractivity contribution in [2.24, 2.45) is 35.2 Å². The van der Waals surface area contributed by atoms with Gasteiger partial charge in [0.1, 0.15) is 17.0 Å². The van der Waals surface area contributed by atoms with Crippen LogP contribution in [0.3, 0.4) is 0 Å². The highest BCUT2D eigenvalue weighted by Crippen LogP contribution is 2.18. The molecule has 5 aromatic heterocycles. The van der Waals surface area contributed by atoms with Crippen molar-refractivity contribution in [1.82, 2.24) is 48.4 Å². The Morgan fingerprint density at radius 1 is 0.538 bits per heavy atom. The van der Waals surface area contributed by atoms with Crippen molar-refractivity contribution in [2.45, 2.75) is 46.1 Å². The molecule has 0 atom stereocenters. The van der Waals surface area contributed by atoms with Gasteiger partial charge < -0.3 is 64.2 Å². The number of ether oxygens (including phenoxy) is 2. The minimum absolute atomic E-state index is 0.0135. The van der Waals surface area contributed by atoms with Gasteiger partial charge in [0.2, 0.25) is 29.3 Å². The number of anilines is 5. The number of carbonyl (C=O) groups excluding carboxylic acids is 8. The van der Waals surface area contributed by atoms with E-state index in [-0.39, 0.29) is 84.5 Å². The molecule has 0 spiro atoms. The fraction of sp³-hybridized carbons (Fsp3) is 0.375. The predicted octanol–water partition coefficient (Wildman–Crippen LogP) is 2.11. The van der Waals surface area contributed by atoms with Crippen molar-refractivity contribution in [1.29, 1.82) is 0 Å². The van der Waals surface area contributed by atoms with E-state index in [1.807, 2.05) is 0 Å². The van der Waals surface area contributed by atoms with E-state index in [0.717, 1.165) is 0 Å². The fourth-order valence-electron chi connectivity index (χ4n) is 6.06. The van der Waals surface area contributed by atoms with Gasteiger partial charge in [-0.15, -0.1) is 0 Å². The van der Waals surface area contributed by atoms with Crippen LogP contribution < -0.4 is 37.2 Å². The average molecular weight is 902 g/mol. The van der Waals surface area contributed by atoms with E-state index in [4.69, 9.17) is 9.47 Å². The maximum Gasteiger partial charge on any atom is 0.413 e. The van der Waals surface area contributed by atoms with E-state index in [2.05, 4.69) is 52.2 Å². The van der Waals surface area contributed by atoms with Gasteiger partial charge in [0.15, 0.2) is 17.5 Å². The van der Waals surface area contributed by atoms with Crippen molar-refractivity contribution in [3.05, 3.63) is 72.0 Å². The zero-order valence-electron chi connectivity index (χ0n) is 37.2. The van der Waals surface area contributed by atoms with E-state index in [9.17, 15) is 38.4 Å². The van der Waals surface area contributed by atoms with E-state index in [1.54, 1.807) is 62.9 Å². The Hall–Kier alpha value is -8.25. The molecule has 25 nitrogen and oxygen atoms in total. The summed E-state index contributed by atoms with van der Waals surface area (Å²) in [5, 5.41) is 18.3. The van der Waals surface area contributed by atoms with Crippen molar-refractivity contribution >= 4 is 76.3 Å². The Balaban J connectivity index is 1.05. The molecule has 0 aliphatic rings. The minimum Gasteiger partial charge on any atom is -0.460 e. The minimum atomic E-state index is -0.729. The Kier molecular flexibility index (Phi) is 14.9. The highest BCUT2D eigenvalue weighted by Gasteiger charge is 2.23. The summed E-state index contributed by atoms with van der Waals surface area (Å²) < 4.78 is 17.4. The zero-order valence-corrected chi connectivity index (χ0v) is 37.2. The summed E-state index contributed by atoms with van der Waals surface area (Å²) in [6.07, 6.45) is 6.42. The summed E-state index contributed by atoms with van der Waals surface area (Å²) in [6, 6.07) is 2.89. The van der Waals surface area contributed by atoms with Gasteiger partial charge in [0, 0.05) is 92.2 Å². The van der Waals surface area contributed by atoms with Crippen LogP contribution in [-0.4, -0.2) is 111 Å². The molecule has 0 bridgehead atoms. The SMILES string of the molecule is CCOC(=O)c1nc(NC(=O)CCNC(=O)c2cc(NC(=O)c3nc(NC(=O)CCNC(=O)c4cc(NC(=O)c5nc(NC(=O)OC(C)(C)C)cn5C)cn4C)cn3C)cn2C)cn1C. The van der Waals surface area contributed by atoms with Crippen molar-refractivity contribution in [2.75, 3.05) is 46.3 Å². The van der Waals surface area contributed by atoms with Crippen LogP contribution in [0.2, 0.25) is 0 Å². The van der Waals surface area contributed by atoms with E-state index >= 15 is 0 Å². The molecule has 0 aliphatic heterocycles. The third-order valence-electron chi connectivity index (χ3n) is 8.92. The molecular formula is C40H51N15O10. The standard InChI is InChI=1S/C40H51N15O10/c1-10-64-38(62)33-49-27(20-55(33)9)46-30(57)12-14-42-35(59)24-15-22(17-51(24)5)43-36(60)31-47-26(19-53(31)7)45-29(56)11-13-41-34(58)25-16-23(18-52(25)6)44-37(61)32-48-28(21-54(32)8)50-39(63)65-40(2,3)4/h15-21H,10-14H2,1-9H3,(H,41,58)(H,42,59)(H,43,60)(H,44,61)(H,45,56)(H,46,57)(H,50,63). The first-order chi connectivity index (χ1) is 30.6. The Morgan fingerprint density at radius 2 is 0.938 bits per heavy atom. The number of hydrogen-bond acceptors (Lipinski definition) is 13. The second-order valence-corrected chi connectivity index (χ2v) is 15.5. The first-order valence-corrected chi connectivity index (χ1v) is 20.0. The fourth-order valence-corrected chi connectivity index (χ4v) is 6.06. The van der Waals surface area contributed by atoms with Gasteiger partial charge in [0.25, 0.3) is 23.6 Å². The van der Waals surface area contributed by atoms with Gasteiger partial charge in [-0.05, 0) is 39.8 Å². The summed E-state index contributed by atoms with van der Waals surface area (Å²) in [5.74, 6) is -3.53. The summed E-state index contributed by atoms with van der Waals surface area (Å²) in [5.41, 5.74) is 0.229. The molecule has 0 saturated carbocycles. The number of amides is 7. The lowest BCUT2D eigenvalue weighted by Crippen LogP contribution is -2.29.